The summed E-state index contributed by atoms with van der Waals surface area (Å²) in [6.45, 7) is 92.4. The molecule has 98 heavy (non-hydrogen) atoms. The smallest absolute Gasteiger partial charge is 0.218 e. The molecule has 4 aliphatic rings. The van der Waals surface area contributed by atoms with Crippen molar-refractivity contribution in [3.63, 3.8) is 0 Å². The first-order chi connectivity index (χ1) is 44.8. The van der Waals surface area contributed by atoms with Gasteiger partial charge in [-0.2, -0.15) is 9.47 Å². The van der Waals surface area contributed by atoms with Gasteiger partial charge in [0.15, 0.2) is 0 Å². The number of oxazole rings is 2. The van der Waals surface area contributed by atoms with Crippen LogP contribution in [0.1, 0.15) is 250 Å². The fraction of sp³-hybridized carbons (Fsp3) is 0.482. The number of allylic oxidation sites excluding steroid dienone is 11. The number of nitrogens with one attached hydrogen (secondary N) is 1. The zero-order valence-corrected chi connectivity index (χ0v) is 66.9. The van der Waals surface area contributed by atoms with Gasteiger partial charge in [0, 0.05) is 32.4 Å². The van der Waals surface area contributed by atoms with Crippen LogP contribution in [0, 0.1) is 28.6 Å². The molecule has 0 spiro atoms. The largest absolute Gasteiger partial charge is 0.445 e. The van der Waals surface area contributed by atoms with Crippen LogP contribution in [0.15, 0.2) is 194 Å². The van der Waals surface area contributed by atoms with Crippen molar-refractivity contribution in [3.05, 3.63) is 222 Å². The lowest BCUT2D eigenvalue weighted by Crippen LogP contribution is -2.14. The quantitative estimate of drug-likeness (QED) is 0.161. The van der Waals surface area contributed by atoms with E-state index in [0.717, 1.165) is 83.0 Å². The molecule has 1 N–H and O–H groups in total. The predicted molar refractivity (Wildman–Crippen MR) is 429 cm³/mol. The average Bonchev–Trinajstić information content (AvgIpc) is 1.79. The van der Waals surface area contributed by atoms with Crippen molar-refractivity contribution >= 4 is 53.0 Å². The second kappa shape index (κ2) is 37.9. The molecule has 5 aromatic heterocycles. The first-order valence-electron chi connectivity index (χ1n) is 33.9. The van der Waals surface area contributed by atoms with E-state index in [1.54, 1.807) is 60.6 Å². The molecule has 1 aliphatic carbocycles. The van der Waals surface area contributed by atoms with Gasteiger partial charge in [0.25, 0.3) is 0 Å². The molecule has 0 atom stereocenters. The van der Waals surface area contributed by atoms with E-state index in [1.165, 1.54) is 32.7 Å². The summed E-state index contributed by atoms with van der Waals surface area (Å²) in [5.74, 6) is 2.08. The van der Waals surface area contributed by atoms with Gasteiger partial charge in [0.2, 0.25) is 11.8 Å². The fourth-order valence-corrected chi connectivity index (χ4v) is 9.56. The maximum Gasteiger partial charge on any atom is 0.218 e. The number of H-pyrrole nitrogens is 1. The minimum Gasteiger partial charge on any atom is -0.445 e. The number of aromatic amines is 1. The molecule has 8 heterocycles. The van der Waals surface area contributed by atoms with E-state index in [0.29, 0.717) is 17.2 Å². The summed E-state index contributed by atoms with van der Waals surface area (Å²) >= 11 is 1.61. The van der Waals surface area contributed by atoms with Crippen LogP contribution in [0.3, 0.4) is 0 Å². The summed E-state index contributed by atoms with van der Waals surface area (Å²) < 4.78 is 19.5. The lowest BCUT2D eigenvalue weighted by molar-refractivity contribution is 0.403. The van der Waals surface area contributed by atoms with E-state index >= 15 is 0 Å². The standard InChI is InChI=1S/C11H16.3C10H15N.C9H14N2.3C9H13NO.C8H13NS/c1-5-9-6-7-10(8-9)11(2,3)4;1-5-9-6-8(7-11-9)10(2,3)4;2*1-5-9-8(6-7-11-9)10(2,3)4;1-5-7-6-8(11-10-7)9(2,3)4;1-5-8-10-7(6-11-8)9(2,3)4;1-5-8-10-6-7(11-8)9(2,3)4;1-5-8-7(6-11-10-8)9(2,3)4;1-6-5-7(10-9-6)8(2,3)4/h5,7-8H,1,6H2,2-4H3;3*5-6H,1,7H2,2-4H3;5-6H,1H2,2-4H3,(H,10,11);3*5-6H,1H2,2-4H3;5H,1-4H3. The summed E-state index contributed by atoms with van der Waals surface area (Å²) in [5.41, 5.74) is 17.7. The Hall–Kier alpha value is -7.90. The van der Waals surface area contributed by atoms with Gasteiger partial charge in [-0.3, -0.25) is 20.1 Å². The lowest BCUT2D eigenvalue weighted by atomic mass is 9.84. The number of aryl methyl sites for hydroxylation is 1. The van der Waals surface area contributed by atoms with Gasteiger partial charge in [-0.15, -0.1) is 0 Å². The van der Waals surface area contributed by atoms with Crippen LogP contribution in [-0.2, 0) is 27.1 Å². The fourth-order valence-electron chi connectivity index (χ4n) is 8.76. The molecule has 0 fully saturated rings. The van der Waals surface area contributed by atoms with Gasteiger partial charge in [0.05, 0.1) is 60.0 Å². The molecule has 0 unspecified atom stereocenters. The van der Waals surface area contributed by atoms with Gasteiger partial charge in [-0.1, -0.05) is 275 Å². The van der Waals surface area contributed by atoms with E-state index in [9.17, 15) is 0 Å². The van der Waals surface area contributed by atoms with Crippen LogP contribution in [-0.4, -0.2) is 66.5 Å². The van der Waals surface area contributed by atoms with Crippen molar-refractivity contribution in [1.29, 1.82) is 0 Å². The Labute approximate surface area is 598 Å². The van der Waals surface area contributed by atoms with Crippen LogP contribution < -0.4 is 0 Å². The molecule has 536 valence electrons. The number of nitrogens with zero attached hydrogens (tertiary/aromatic N) is 8. The zero-order valence-electron chi connectivity index (χ0n) is 66.1. The predicted octanol–water partition coefficient (Wildman–Crippen LogP) is 24.2. The van der Waals surface area contributed by atoms with Gasteiger partial charge in [-0.05, 0) is 146 Å². The summed E-state index contributed by atoms with van der Waals surface area (Å²) in [7, 11) is 0. The highest BCUT2D eigenvalue weighted by molar-refractivity contribution is 7.06. The highest BCUT2D eigenvalue weighted by Crippen LogP contribution is 2.34. The second-order valence-corrected chi connectivity index (χ2v) is 34.2. The van der Waals surface area contributed by atoms with Crippen molar-refractivity contribution in [3.8, 4) is 0 Å². The van der Waals surface area contributed by atoms with Crippen LogP contribution >= 0.6 is 11.5 Å². The molecule has 5 aromatic rings. The summed E-state index contributed by atoms with van der Waals surface area (Å²) in [6.07, 6.45) is 31.3. The number of hydrogen-bond acceptors (Lipinski definition) is 12. The zero-order chi connectivity index (χ0) is 75.6. The summed E-state index contributed by atoms with van der Waals surface area (Å²) in [6, 6.07) is 4.18. The lowest BCUT2D eigenvalue weighted by Gasteiger charge is -2.20. The molecule has 3 aliphatic heterocycles. The highest BCUT2D eigenvalue weighted by atomic mass is 32.1. The van der Waals surface area contributed by atoms with Gasteiger partial charge < -0.3 is 13.4 Å². The maximum atomic E-state index is 5.37. The Morgan fingerprint density at radius 2 is 1.06 bits per heavy atom. The van der Waals surface area contributed by atoms with Crippen LogP contribution in [0.4, 0.5) is 0 Å². The van der Waals surface area contributed by atoms with E-state index in [-0.39, 0.29) is 43.3 Å². The molecule has 0 radical (unpaired) electrons. The third-order valence-electron chi connectivity index (χ3n) is 15.1. The SMILES string of the molecule is C=CC1=CC(C(C)(C)C)=CC1.C=CC1=NCC(C(C)(C)C)=C1.C=CC1=NCC=C1C(C)(C)C.C=CC1=NCC=C1C(C)(C)C.C=Cc1cc(C(C)(C)C)[nH]n1.C=Cc1nc(C(C)(C)C)co1.C=Cc1ncc(C(C)(C)C)o1.C=Cc1nocc1C(C)(C)C.Cc1cc(C(C)(C)C)sn1. The summed E-state index contributed by atoms with van der Waals surface area (Å²) in [5, 5.41) is 10.8. The average molecular weight is 1360 g/mol. The topological polar surface area (TPSA) is 157 Å². The first kappa shape index (κ1) is 88.1. The number of hydrogen-bond donors (Lipinski definition) is 1. The minimum absolute atomic E-state index is 0.0360. The van der Waals surface area contributed by atoms with Crippen molar-refractivity contribution in [2.75, 3.05) is 19.6 Å². The van der Waals surface area contributed by atoms with Crippen molar-refractivity contribution in [2.24, 2.45) is 36.6 Å². The first-order valence-corrected chi connectivity index (χ1v) is 34.7. The molecule has 12 nitrogen and oxygen atoms in total. The van der Waals surface area contributed by atoms with E-state index < -0.39 is 0 Å². The van der Waals surface area contributed by atoms with E-state index in [1.807, 2.05) is 31.2 Å². The monoisotopic (exact) mass is 1350 g/mol. The van der Waals surface area contributed by atoms with Crippen molar-refractivity contribution in [1.82, 2.24) is 29.7 Å². The van der Waals surface area contributed by atoms with Crippen molar-refractivity contribution in [2.45, 2.75) is 227 Å². The molecule has 0 saturated carbocycles. The Morgan fingerprint density at radius 1 is 0.510 bits per heavy atom. The third-order valence-corrected chi connectivity index (χ3v) is 16.4. The van der Waals surface area contributed by atoms with E-state index in [4.69, 9.17) is 13.4 Å². The Morgan fingerprint density at radius 3 is 1.32 bits per heavy atom. The number of aromatic nitrogens is 6. The Kier molecular flexibility index (Phi) is 34.1. The molecule has 9 rings (SSSR count). The minimum atomic E-state index is 0.0360. The van der Waals surface area contributed by atoms with Crippen LogP contribution in [0.5, 0.6) is 0 Å². The molecular weight excluding hydrogens is 1230 g/mol. The molecular formula is C85H127N9O3S. The third kappa shape index (κ3) is 31.3. The summed E-state index contributed by atoms with van der Waals surface area (Å²) in [4.78, 5) is 22.5. The maximum absolute atomic E-state index is 5.37. The molecule has 0 saturated heterocycles. The molecule has 0 amide bonds. The van der Waals surface area contributed by atoms with Crippen molar-refractivity contribution < 1.29 is 13.4 Å². The number of rotatable bonds is 8. The second-order valence-electron chi connectivity index (χ2n) is 33.4. The Balaban J connectivity index is 0.000000551. The Bertz CT molecular complexity index is 3490. The van der Waals surface area contributed by atoms with Gasteiger partial charge in [0.1, 0.15) is 24.0 Å². The van der Waals surface area contributed by atoms with Crippen LogP contribution in [0.25, 0.3) is 24.3 Å². The van der Waals surface area contributed by atoms with Gasteiger partial charge >= 0.3 is 0 Å². The van der Waals surface area contributed by atoms with E-state index in [2.05, 4.69) is 321 Å². The molecule has 0 bridgehead atoms. The van der Waals surface area contributed by atoms with Crippen LogP contribution in [0.2, 0.25) is 0 Å². The normalized spacial score (nSPS) is 14.4. The molecule has 13 heteroatoms. The number of aliphatic imine (C=N–C) groups is 3. The highest BCUT2D eigenvalue weighted by Gasteiger charge is 2.26. The molecule has 0 aromatic carbocycles. The van der Waals surface area contributed by atoms with Gasteiger partial charge in [-0.25, -0.2) is 9.97 Å².